The van der Waals surface area contributed by atoms with Crippen molar-refractivity contribution in [2.24, 2.45) is 5.92 Å². The van der Waals surface area contributed by atoms with E-state index in [1.54, 1.807) is 31.2 Å². The molecule has 0 heterocycles. The van der Waals surface area contributed by atoms with E-state index >= 15 is 0 Å². The van der Waals surface area contributed by atoms with Gasteiger partial charge in [-0.2, -0.15) is 0 Å². The van der Waals surface area contributed by atoms with Crippen molar-refractivity contribution in [2.45, 2.75) is 95.4 Å². The summed E-state index contributed by atoms with van der Waals surface area (Å²) in [4.78, 5) is 0. The van der Waals surface area contributed by atoms with Crippen molar-refractivity contribution >= 4 is 35.1 Å². The van der Waals surface area contributed by atoms with Crippen LogP contribution in [0.4, 0.5) is 79.0 Å². The average molecular weight is 1110 g/mol. The van der Waals surface area contributed by atoms with Gasteiger partial charge in [0.15, 0.2) is 0 Å². The Bertz CT molecular complexity index is 2520. The first kappa shape index (κ1) is 53.1. The van der Waals surface area contributed by atoms with E-state index in [0.29, 0.717) is 39.8 Å². The monoisotopic (exact) mass is 1110 g/mol. The number of hydrogen-bond acceptors (Lipinski definition) is 0. The quantitative estimate of drug-likeness (QED) is 0.116. The molecular formula is C45H37Cl2F18SiZr. The summed E-state index contributed by atoms with van der Waals surface area (Å²) in [5.74, 6) is -2.69. The number of halogens is 20. The van der Waals surface area contributed by atoms with E-state index in [1.165, 1.54) is 24.3 Å². The molecule has 0 fully saturated rings. The SMILES string of the molecule is CCC1=Cc2c(-c3ccc(C(C(F)(F)F)(C(F)(F)F)C(F)(F)F)cc3)cccc2[CH]1[Zr]([Cl])([Cl])([CH]1C(C(C)C)=Cc2c(-c3ccc(C(C(F)(F)F)(C(F)(F)F)C(F)(F)F)cc3)cccc21)[SiH](C)C. The van der Waals surface area contributed by atoms with Crippen molar-refractivity contribution in [3.63, 3.8) is 0 Å². The molecular weight excluding hydrogens is 1070 g/mol. The Balaban J connectivity index is 1.52. The number of fused-ring (bicyclic) bond motifs is 2. The van der Waals surface area contributed by atoms with Gasteiger partial charge in [0.1, 0.15) is 0 Å². The van der Waals surface area contributed by atoms with Crippen LogP contribution in [0.3, 0.4) is 0 Å². The predicted molar refractivity (Wildman–Crippen MR) is 221 cm³/mol. The Labute approximate surface area is 380 Å². The van der Waals surface area contributed by atoms with Crippen molar-refractivity contribution in [1.29, 1.82) is 0 Å². The zero-order valence-corrected chi connectivity index (χ0v) is 40.4. The second kappa shape index (κ2) is 16.7. The fraction of sp³-hybridized carbons (Fsp3) is 0.378. The van der Waals surface area contributed by atoms with E-state index in [2.05, 4.69) is 0 Å². The van der Waals surface area contributed by atoms with Crippen LogP contribution in [0.15, 0.2) is 96.1 Å². The topological polar surface area (TPSA) is 0 Å². The Morgan fingerprint density at radius 1 is 0.493 bits per heavy atom. The van der Waals surface area contributed by atoms with E-state index in [-0.39, 0.29) is 52.4 Å². The molecule has 0 spiro atoms. The van der Waals surface area contributed by atoms with Gasteiger partial charge in [-0.1, -0.05) is 0 Å². The van der Waals surface area contributed by atoms with Gasteiger partial charge in [-0.25, -0.2) is 0 Å². The third kappa shape index (κ3) is 7.77. The molecule has 4 aromatic carbocycles. The average Bonchev–Trinajstić information content (AvgIpc) is 3.76. The maximum absolute atomic E-state index is 14.0. The Hall–Kier alpha value is -3.22. The normalized spacial score (nSPS) is 18.5. The van der Waals surface area contributed by atoms with Crippen molar-refractivity contribution in [2.75, 3.05) is 0 Å². The molecule has 0 N–H and O–H groups in total. The first-order valence-corrected chi connectivity index (χ1v) is 36.6. The molecule has 67 heavy (non-hydrogen) atoms. The molecule has 0 nitrogen and oxygen atoms in total. The summed E-state index contributed by atoms with van der Waals surface area (Å²) >= 11 is -5.77. The third-order valence-corrected chi connectivity index (χ3v) is 65.1. The first-order valence-electron chi connectivity index (χ1n) is 20.2. The molecule has 0 aromatic heterocycles. The summed E-state index contributed by atoms with van der Waals surface area (Å²) in [6, 6.07) is 12.9. The number of benzene rings is 4. The molecule has 2 aliphatic carbocycles. The minimum atomic E-state index is -6.83. The van der Waals surface area contributed by atoms with E-state index in [9.17, 15) is 79.0 Å². The Morgan fingerprint density at radius 2 is 0.821 bits per heavy atom. The van der Waals surface area contributed by atoms with Crippen LogP contribution in [-0.2, 0) is 26.4 Å². The van der Waals surface area contributed by atoms with Crippen LogP contribution in [0.25, 0.3) is 34.4 Å². The van der Waals surface area contributed by atoms with Crippen LogP contribution in [0.5, 0.6) is 0 Å². The molecule has 365 valence electrons. The fourth-order valence-electron chi connectivity index (χ4n) is 10.0. The van der Waals surface area contributed by atoms with Gasteiger partial charge >= 0.3 is 383 Å². The molecule has 0 saturated carbocycles. The van der Waals surface area contributed by atoms with Crippen LogP contribution in [-0.4, -0.2) is 43.0 Å². The van der Waals surface area contributed by atoms with Crippen LogP contribution in [0.1, 0.15) is 67.8 Å². The van der Waals surface area contributed by atoms with Gasteiger partial charge in [0, 0.05) is 0 Å². The second-order valence-corrected chi connectivity index (χ2v) is 59.9. The number of rotatable bonds is 9. The van der Waals surface area contributed by atoms with Crippen LogP contribution in [0.2, 0.25) is 13.1 Å². The Morgan fingerprint density at radius 3 is 1.12 bits per heavy atom. The standard InChI is InChI=1S/C22H16F9.C21H14F9.C2H7Si.2ClH.Zr/c1-12(2)15-10-14-4-3-5-17(18(14)11-15)13-6-8-16(9-7-13)19(20(23,24)25,21(26,27)28)22(29,30)31;1-2-12-10-14-4-3-5-16(17(14)11-12)13-6-8-15(9-7-13)18(19(22,23)24,20(25,26)27)21(28,29)30;1-3-2;;;/h3-12H,1-2H3;3-11H,2H2,1H3;3H,1-2H3;2*1H;/q;;;;;+2/p-2. The summed E-state index contributed by atoms with van der Waals surface area (Å²) in [5, 5.41) is 0. The molecule has 2 unspecified atom stereocenters. The number of allylic oxidation sites excluding steroid dienone is 2. The molecule has 0 radical (unpaired) electrons. The molecule has 0 saturated heterocycles. The van der Waals surface area contributed by atoms with Gasteiger partial charge in [-0.05, 0) is 0 Å². The van der Waals surface area contributed by atoms with Gasteiger partial charge in [-0.3, -0.25) is 0 Å². The van der Waals surface area contributed by atoms with Crippen molar-refractivity contribution in [3.8, 4) is 22.3 Å². The summed E-state index contributed by atoms with van der Waals surface area (Å²) in [6.45, 7) is 9.33. The van der Waals surface area contributed by atoms with Gasteiger partial charge in [0.25, 0.3) is 0 Å². The summed E-state index contributed by atoms with van der Waals surface area (Å²) < 4.78 is 251. The maximum atomic E-state index is 14.0. The van der Waals surface area contributed by atoms with Gasteiger partial charge in [-0.15, -0.1) is 0 Å². The third-order valence-electron chi connectivity index (χ3n) is 13.3. The molecule has 0 bridgehead atoms. The van der Waals surface area contributed by atoms with Crippen molar-refractivity contribution < 1.29 is 94.6 Å². The van der Waals surface area contributed by atoms with Gasteiger partial charge in [0.2, 0.25) is 0 Å². The first-order chi connectivity index (χ1) is 30.4. The molecule has 2 atom stereocenters. The minimum absolute atomic E-state index is 0.0308. The zero-order chi connectivity index (χ0) is 50.7. The molecule has 6 rings (SSSR count). The predicted octanol–water partition coefficient (Wildman–Crippen LogP) is 17.5. The molecule has 4 aromatic rings. The van der Waals surface area contributed by atoms with E-state index < -0.39 is 87.7 Å². The van der Waals surface area contributed by atoms with Crippen LogP contribution in [0, 0.1) is 5.92 Å². The van der Waals surface area contributed by atoms with Gasteiger partial charge < -0.3 is 0 Å². The number of hydrogen-bond donors (Lipinski definition) is 0. The summed E-state index contributed by atoms with van der Waals surface area (Å²) in [5.41, 5.74) is -12.9. The molecule has 0 aliphatic heterocycles. The second-order valence-electron chi connectivity index (χ2n) is 17.4. The van der Waals surface area contributed by atoms with Gasteiger partial charge in [0.05, 0.1) is 0 Å². The molecule has 0 amide bonds. The molecule has 22 heteroatoms. The summed E-state index contributed by atoms with van der Waals surface area (Å²) in [6.07, 6.45) is -37.2. The van der Waals surface area contributed by atoms with Crippen molar-refractivity contribution in [1.82, 2.24) is 0 Å². The van der Waals surface area contributed by atoms with E-state index in [1.807, 2.05) is 26.9 Å². The fourth-order valence-corrected chi connectivity index (χ4v) is 41.7. The molecule has 2 aliphatic rings. The Kier molecular flexibility index (Phi) is 13.2. The van der Waals surface area contributed by atoms with Crippen LogP contribution >= 0.6 is 17.0 Å². The van der Waals surface area contributed by atoms with Crippen LogP contribution < -0.4 is 0 Å². The number of alkyl halides is 18. The zero-order valence-electron chi connectivity index (χ0n) is 35.3. The van der Waals surface area contributed by atoms with Crippen molar-refractivity contribution in [3.05, 3.63) is 129 Å². The van der Waals surface area contributed by atoms with E-state index in [4.69, 9.17) is 17.0 Å². The van der Waals surface area contributed by atoms with E-state index in [0.717, 1.165) is 24.3 Å². The summed E-state index contributed by atoms with van der Waals surface area (Å²) in [7, 11) is 16.6.